The van der Waals surface area contributed by atoms with Crippen LogP contribution in [-0.2, 0) is 20.9 Å². The molecule has 160 valence electrons. The van der Waals surface area contributed by atoms with E-state index in [9.17, 15) is 14.4 Å². The van der Waals surface area contributed by atoms with E-state index in [2.05, 4.69) is 48.9 Å². The Morgan fingerprint density at radius 1 is 0.900 bits per heavy atom. The van der Waals surface area contributed by atoms with Gasteiger partial charge in [-0.05, 0) is 23.8 Å². The topological polar surface area (TPSA) is 60.9 Å². The molecule has 2 aliphatic heterocycles. The van der Waals surface area contributed by atoms with E-state index in [1.165, 1.54) is 10.5 Å². The Balaban J connectivity index is 1.18. The lowest BCUT2D eigenvalue weighted by Gasteiger charge is -2.35. The quantitative estimate of drug-likeness (QED) is 0.435. The minimum absolute atomic E-state index is 0.108. The molecule has 2 saturated heterocycles. The van der Waals surface area contributed by atoms with Gasteiger partial charge in [-0.25, -0.2) is 0 Å². The molecule has 0 radical (unpaired) electrons. The average Bonchev–Trinajstić information content (AvgIpc) is 3.36. The number of alkyl halides is 2. The number of benzene rings is 1. The van der Waals surface area contributed by atoms with Crippen molar-refractivity contribution in [1.29, 1.82) is 0 Å². The van der Waals surface area contributed by atoms with E-state index in [-0.39, 0.29) is 57.6 Å². The maximum atomic E-state index is 13.0. The lowest BCUT2D eigenvalue weighted by Crippen LogP contribution is -2.51. The van der Waals surface area contributed by atoms with E-state index in [1.807, 2.05) is 18.2 Å². The zero-order chi connectivity index (χ0) is 21.0. The van der Waals surface area contributed by atoms with E-state index in [4.69, 9.17) is 0 Å². The summed E-state index contributed by atoms with van der Waals surface area (Å²) in [5.41, 5.74) is 1.27. The number of amides is 3. The van der Waals surface area contributed by atoms with Gasteiger partial charge in [-0.1, -0.05) is 62.2 Å². The van der Waals surface area contributed by atoms with Crippen LogP contribution in [0.4, 0.5) is 0 Å². The van der Waals surface area contributed by atoms with Crippen molar-refractivity contribution in [2.45, 2.75) is 22.6 Å². The van der Waals surface area contributed by atoms with Crippen LogP contribution in [0.2, 0.25) is 0 Å². The van der Waals surface area contributed by atoms with Gasteiger partial charge in [0.1, 0.15) is 6.54 Å². The first-order chi connectivity index (χ1) is 14.5. The fraction of sp³-hybridized carbons (Fsp3) is 0.591. The van der Waals surface area contributed by atoms with Crippen LogP contribution in [0.5, 0.6) is 0 Å². The Morgan fingerprint density at radius 2 is 1.47 bits per heavy atom. The summed E-state index contributed by atoms with van der Waals surface area (Å²) in [5, 5.41) is 0. The normalized spacial score (nSPS) is 35.9. The highest BCUT2D eigenvalue weighted by atomic mass is 79.9. The Labute approximate surface area is 193 Å². The summed E-state index contributed by atoms with van der Waals surface area (Å²) in [4.78, 5) is 44.7. The van der Waals surface area contributed by atoms with E-state index < -0.39 is 0 Å². The minimum atomic E-state index is -0.254. The molecule has 0 unspecified atom stereocenters. The number of carbonyl (C=O) groups is 3. The first-order valence-corrected chi connectivity index (χ1v) is 12.5. The summed E-state index contributed by atoms with van der Waals surface area (Å²) in [5.74, 6) is -0.540. The standard InChI is InChI=1S/C22H25Br2N3O3/c23-19-14-10-15(20(19)24)18-17(14)21(29)27(22(18)30)12-16(28)26-8-6-25(7-9-26)11-13-4-2-1-3-5-13/h1-5,14-15,17-20H,6-12H2/t14-,15-,17-,18-,19+,20+/m1/s1. The molecule has 30 heavy (non-hydrogen) atoms. The molecule has 8 heteroatoms. The second kappa shape index (κ2) is 8.02. The molecule has 2 saturated carbocycles. The van der Waals surface area contributed by atoms with Crippen molar-refractivity contribution < 1.29 is 14.4 Å². The summed E-state index contributed by atoms with van der Waals surface area (Å²) < 4.78 is 0. The van der Waals surface area contributed by atoms with Crippen molar-refractivity contribution in [3.63, 3.8) is 0 Å². The number of carbonyl (C=O) groups excluding carboxylic acids is 3. The second-order valence-corrected chi connectivity index (χ2v) is 11.0. The van der Waals surface area contributed by atoms with Crippen LogP contribution in [-0.4, -0.2) is 74.8 Å². The molecule has 3 amide bonds. The predicted octanol–water partition coefficient (Wildman–Crippen LogP) is 2.11. The lowest BCUT2D eigenvalue weighted by molar-refractivity contribution is -0.147. The van der Waals surface area contributed by atoms with E-state index >= 15 is 0 Å². The highest BCUT2D eigenvalue weighted by Crippen LogP contribution is 2.60. The zero-order valence-electron chi connectivity index (χ0n) is 16.6. The lowest BCUT2D eigenvalue weighted by atomic mass is 9.81. The third-order valence-corrected chi connectivity index (χ3v) is 10.6. The highest BCUT2D eigenvalue weighted by molar-refractivity contribution is 9.12. The van der Waals surface area contributed by atoms with Gasteiger partial charge in [-0.2, -0.15) is 0 Å². The Morgan fingerprint density at radius 3 is 2.03 bits per heavy atom. The maximum Gasteiger partial charge on any atom is 0.242 e. The molecule has 5 rings (SSSR count). The summed E-state index contributed by atoms with van der Waals surface area (Å²) >= 11 is 7.40. The summed E-state index contributed by atoms with van der Waals surface area (Å²) in [6.45, 7) is 3.63. The predicted molar refractivity (Wildman–Crippen MR) is 119 cm³/mol. The summed E-state index contributed by atoms with van der Waals surface area (Å²) in [7, 11) is 0. The number of imide groups is 1. The summed E-state index contributed by atoms with van der Waals surface area (Å²) in [6, 6.07) is 10.3. The first kappa shape index (κ1) is 20.6. The van der Waals surface area contributed by atoms with Crippen molar-refractivity contribution in [1.82, 2.24) is 14.7 Å². The number of hydrogen-bond acceptors (Lipinski definition) is 4. The van der Waals surface area contributed by atoms with Crippen LogP contribution in [0.3, 0.4) is 0 Å². The number of piperazine rings is 1. The fourth-order valence-electron chi connectivity index (χ4n) is 5.80. The Hall–Kier alpha value is -1.25. The number of likely N-dealkylation sites (tertiary alicyclic amines) is 1. The number of rotatable bonds is 4. The van der Waals surface area contributed by atoms with Crippen LogP contribution in [0.15, 0.2) is 30.3 Å². The summed E-state index contributed by atoms with van der Waals surface area (Å²) in [6.07, 6.45) is 0.907. The largest absolute Gasteiger partial charge is 0.339 e. The monoisotopic (exact) mass is 537 g/mol. The molecular weight excluding hydrogens is 514 g/mol. The second-order valence-electron chi connectivity index (χ2n) is 8.91. The van der Waals surface area contributed by atoms with Crippen LogP contribution in [0, 0.1) is 23.7 Å². The minimum Gasteiger partial charge on any atom is -0.339 e. The maximum absolute atomic E-state index is 13.0. The first-order valence-electron chi connectivity index (χ1n) is 10.6. The molecule has 2 heterocycles. The van der Waals surface area contributed by atoms with Crippen LogP contribution >= 0.6 is 31.9 Å². The fourth-order valence-corrected chi connectivity index (χ4v) is 7.67. The molecule has 6 atom stereocenters. The van der Waals surface area contributed by atoms with Crippen molar-refractivity contribution in [3.8, 4) is 0 Å². The van der Waals surface area contributed by atoms with Gasteiger partial charge in [0.15, 0.2) is 0 Å². The molecule has 0 aromatic heterocycles. The van der Waals surface area contributed by atoms with E-state index in [0.717, 1.165) is 26.1 Å². The molecule has 4 fully saturated rings. The van der Waals surface area contributed by atoms with Crippen LogP contribution < -0.4 is 0 Å². The molecule has 6 nitrogen and oxygen atoms in total. The van der Waals surface area contributed by atoms with Gasteiger partial charge < -0.3 is 4.90 Å². The molecule has 1 aromatic carbocycles. The number of halogens is 2. The van der Waals surface area contributed by atoms with Crippen molar-refractivity contribution in [2.24, 2.45) is 23.7 Å². The van der Waals surface area contributed by atoms with Gasteiger partial charge >= 0.3 is 0 Å². The zero-order valence-corrected chi connectivity index (χ0v) is 19.8. The number of hydrogen-bond donors (Lipinski definition) is 0. The number of fused-ring (bicyclic) bond motifs is 5. The van der Waals surface area contributed by atoms with Gasteiger partial charge in [-0.3, -0.25) is 24.2 Å². The van der Waals surface area contributed by atoms with Crippen molar-refractivity contribution >= 4 is 49.6 Å². The molecule has 1 aromatic rings. The van der Waals surface area contributed by atoms with E-state index in [0.29, 0.717) is 13.1 Å². The smallest absolute Gasteiger partial charge is 0.242 e. The van der Waals surface area contributed by atoms with Gasteiger partial charge in [0.05, 0.1) is 11.8 Å². The van der Waals surface area contributed by atoms with E-state index in [1.54, 1.807) is 4.90 Å². The van der Waals surface area contributed by atoms with Crippen molar-refractivity contribution in [3.05, 3.63) is 35.9 Å². The SMILES string of the molecule is O=C(CN1C(=O)[C@@H]2[C@H]3C[C@@H]([C@H](Br)[C@H]3Br)[C@H]2C1=O)N1CCN(Cc2ccccc2)CC1. The third kappa shape index (κ3) is 3.35. The molecule has 0 N–H and O–H groups in total. The Bertz CT molecular complexity index is 826. The van der Waals surface area contributed by atoms with Crippen LogP contribution in [0.1, 0.15) is 12.0 Å². The van der Waals surface area contributed by atoms with Gasteiger partial charge in [-0.15, -0.1) is 0 Å². The van der Waals surface area contributed by atoms with Gasteiger partial charge in [0.25, 0.3) is 0 Å². The number of nitrogens with zero attached hydrogens (tertiary/aromatic N) is 3. The molecule has 2 aliphatic carbocycles. The Kier molecular flexibility index (Phi) is 5.52. The third-order valence-electron chi connectivity index (χ3n) is 7.35. The van der Waals surface area contributed by atoms with Crippen molar-refractivity contribution in [2.75, 3.05) is 32.7 Å². The van der Waals surface area contributed by atoms with Gasteiger partial charge in [0, 0.05) is 42.4 Å². The van der Waals surface area contributed by atoms with Crippen LogP contribution in [0.25, 0.3) is 0 Å². The molecule has 4 aliphatic rings. The molecular formula is C22H25Br2N3O3. The van der Waals surface area contributed by atoms with Gasteiger partial charge in [0.2, 0.25) is 17.7 Å². The highest BCUT2D eigenvalue weighted by Gasteiger charge is 2.66. The molecule has 2 bridgehead atoms. The average molecular weight is 539 g/mol. The molecule has 0 spiro atoms.